The minimum Gasteiger partial charge on any atom is -0.324 e. The van der Waals surface area contributed by atoms with Gasteiger partial charge in [0.25, 0.3) is 5.69 Å². The number of nitrogens with zero attached hydrogens (tertiary/aromatic N) is 1. The standard InChI is InChI=1S/C10H11ClN2O2/c11-8-4-3-7(5-9(8)13(14)15)10(12)6-1-2-6/h3-6,10H,1-2,12H2/t10-/m1/s1. The van der Waals surface area contributed by atoms with Crippen LogP contribution in [0, 0.1) is 16.0 Å². The minimum atomic E-state index is -0.481. The molecule has 0 spiro atoms. The number of hydrogen-bond donors (Lipinski definition) is 1. The van der Waals surface area contributed by atoms with Gasteiger partial charge >= 0.3 is 0 Å². The zero-order valence-electron chi connectivity index (χ0n) is 8.02. The summed E-state index contributed by atoms with van der Waals surface area (Å²) in [7, 11) is 0. The Morgan fingerprint density at radius 3 is 2.73 bits per heavy atom. The molecule has 0 aromatic heterocycles. The van der Waals surface area contributed by atoms with Crippen LogP contribution in [0.25, 0.3) is 0 Å². The van der Waals surface area contributed by atoms with Crippen LogP contribution in [0.15, 0.2) is 18.2 Å². The SMILES string of the molecule is N[C@@H](c1ccc(Cl)c([N+](=O)[O-])c1)C1CC1. The molecule has 1 fully saturated rings. The second kappa shape index (κ2) is 3.79. The van der Waals surface area contributed by atoms with Gasteiger partial charge in [0.05, 0.1) is 4.92 Å². The monoisotopic (exact) mass is 226 g/mol. The zero-order chi connectivity index (χ0) is 11.0. The third kappa shape index (κ3) is 2.11. The van der Waals surface area contributed by atoms with Crippen LogP contribution in [0.1, 0.15) is 24.4 Å². The third-order valence-corrected chi connectivity index (χ3v) is 3.00. The molecule has 4 nitrogen and oxygen atoms in total. The topological polar surface area (TPSA) is 69.2 Å². The van der Waals surface area contributed by atoms with Crippen molar-refractivity contribution >= 4 is 17.3 Å². The van der Waals surface area contributed by atoms with E-state index >= 15 is 0 Å². The molecule has 1 aliphatic rings. The quantitative estimate of drug-likeness (QED) is 0.636. The first-order valence-corrected chi connectivity index (χ1v) is 5.17. The Kier molecular flexibility index (Phi) is 2.63. The largest absolute Gasteiger partial charge is 0.324 e. The summed E-state index contributed by atoms with van der Waals surface area (Å²) < 4.78 is 0. The molecule has 2 N–H and O–H groups in total. The van der Waals surface area contributed by atoms with E-state index in [1.165, 1.54) is 12.1 Å². The van der Waals surface area contributed by atoms with Crippen LogP contribution in [0.4, 0.5) is 5.69 Å². The average molecular weight is 227 g/mol. The highest BCUT2D eigenvalue weighted by molar-refractivity contribution is 6.32. The van der Waals surface area contributed by atoms with Crippen LogP contribution in [0.2, 0.25) is 5.02 Å². The second-order valence-corrected chi connectivity index (χ2v) is 4.24. The number of halogens is 1. The molecule has 0 aliphatic heterocycles. The molecule has 5 heteroatoms. The molecule has 1 aromatic carbocycles. The predicted octanol–water partition coefficient (Wildman–Crippen LogP) is 2.66. The molecule has 0 amide bonds. The summed E-state index contributed by atoms with van der Waals surface area (Å²) in [5.74, 6) is 0.478. The van der Waals surface area contributed by atoms with Gasteiger partial charge in [0, 0.05) is 12.1 Å². The van der Waals surface area contributed by atoms with Gasteiger partial charge < -0.3 is 5.73 Å². The molecule has 0 heterocycles. The van der Waals surface area contributed by atoms with Crippen molar-refractivity contribution in [2.24, 2.45) is 11.7 Å². The fourth-order valence-corrected chi connectivity index (χ4v) is 1.79. The molecule has 80 valence electrons. The summed E-state index contributed by atoms with van der Waals surface area (Å²) in [5.41, 5.74) is 6.69. The number of nitrogens with two attached hydrogens (primary N) is 1. The number of hydrogen-bond acceptors (Lipinski definition) is 3. The van der Waals surface area contributed by atoms with Crippen LogP contribution in [0.3, 0.4) is 0 Å². The van der Waals surface area contributed by atoms with Crippen LogP contribution in [-0.2, 0) is 0 Å². The van der Waals surface area contributed by atoms with Crippen molar-refractivity contribution in [3.05, 3.63) is 38.9 Å². The lowest BCUT2D eigenvalue weighted by Gasteiger charge is -2.10. The van der Waals surface area contributed by atoms with Crippen molar-refractivity contribution in [2.75, 3.05) is 0 Å². The van der Waals surface area contributed by atoms with Gasteiger partial charge in [0.15, 0.2) is 0 Å². The molecule has 15 heavy (non-hydrogen) atoms. The van der Waals surface area contributed by atoms with Gasteiger partial charge in [-0.2, -0.15) is 0 Å². The summed E-state index contributed by atoms with van der Waals surface area (Å²) in [6.45, 7) is 0. The second-order valence-electron chi connectivity index (χ2n) is 3.83. The van der Waals surface area contributed by atoms with Gasteiger partial charge in [-0.1, -0.05) is 17.7 Å². The third-order valence-electron chi connectivity index (χ3n) is 2.68. The highest BCUT2D eigenvalue weighted by Gasteiger charge is 2.30. The zero-order valence-corrected chi connectivity index (χ0v) is 8.78. The normalized spacial score (nSPS) is 17.5. The maximum atomic E-state index is 10.7. The fourth-order valence-electron chi connectivity index (χ4n) is 1.60. The van der Waals surface area contributed by atoms with Crippen molar-refractivity contribution in [2.45, 2.75) is 18.9 Å². The Bertz CT molecular complexity index is 404. The van der Waals surface area contributed by atoms with Crippen molar-refractivity contribution in [1.82, 2.24) is 0 Å². The molecule has 0 bridgehead atoms. The first kappa shape index (κ1) is 10.4. The first-order chi connectivity index (χ1) is 7.09. The van der Waals surface area contributed by atoms with E-state index in [4.69, 9.17) is 17.3 Å². The Labute approximate surface area is 92.2 Å². The molecule has 1 aromatic rings. The Morgan fingerprint density at radius 2 is 2.20 bits per heavy atom. The molecule has 2 rings (SSSR count). The van der Waals surface area contributed by atoms with E-state index in [0.717, 1.165) is 18.4 Å². The maximum absolute atomic E-state index is 10.7. The van der Waals surface area contributed by atoms with E-state index in [0.29, 0.717) is 5.92 Å². The van der Waals surface area contributed by atoms with Crippen molar-refractivity contribution in [3.63, 3.8) is 0 Å². The molecule has 1 saturated carbocycles. The van der Waals surface area contributed by atoms with E-state index < -0.39 is 4.92 Å². The van der Waals surface area contributed by atoms with E-state index in [-0.39, 0.29) is 16.8 Å². The first-order valence-electron chi connectivity index (χ1n) is 4.79. The summed E-state index contributed by atoms with van der Waals surface area (Å²) in [4.78, 5) is 10.2. The lowest BCUT2D eigenvalue weighted by molar-refractivity contribution is -0.384. The van der Waals surface area contributed by atoms with E-state index in [2.05, 4.69) is 0 Å². The number of rotatable bonds is 3. The minimum absolute atomic E-state index is 0.0646. The van der Waals surface area contributed by atoms with Crippen molar-refractivity contribution in [3.8, 4) is 0 Å². The van der Waals surface area contributed by atoms with Gasteiger partial charge in [-0.15, -0.1) is 0 Å². The number of nitro groups is 1. The molecule has 0 saturated heterocycles. The molecular formula is C10H11ClN2O2. The molecular weight excluding hydrogens is 216 g/mol. The van der Waals surface area contributed by atoms with E-state index in [1.54, 1.807) is 6.07 Å². The molecule has 0 radical (unpaired) electrons. The highest BCUT2D eigenvalue weighted by atomic mass is 35.5. The average Bonchev–Trinajstić information content (AvgIpc) is 3.00. The summed E-state index contributed by atoms with van der Waals surface area (Å²) in [6.07, 6.45) is 2.22. The summed E-state index contributed by atoms with van der Waals surface area (Å²) >= 11 is 5.71. The van der Waals surface area contributed by atoms with Gasteiger partial charge in [-0.05, 0) is 30.4 Å². The van der Waals surface area contributed by atoms with Crippen molar-refractivity contribution in [1.29, 1.82) is 0 Å². The van der Waals surface area contributed by atoms with Crippen molar-refractivity contribution < 1.29 is 4.92 Å². The predicted molar refractivity (Wildman–Crippen MR) is 57.8 cm³/mol. The van der Waals surface area contributed by atoms with Gasteiger partial charge in [-0.25, -0.2) is 0 Å². The Balaban J connectivity index is 2.32. The highest BCUT2D eigenvalue weighted by Crippen LogP contribution is 2.40. The lowest BCUT2D eigenvalue weighted by Crippen LogP contribution is -2.12. The molecule has 1 atom stereocenters. The summed E-state index contributed by atoms with van der Waals surface area (Å²) in [5, 5.41) is 10.8. The van der Waals surface area contributed by atoms with Crippen LogP contribution >= 0.6 is 11.6 Å². The van der Waals surface area contributed by atoms with Gasteiger partial charge in [0.2, 0.25) is 0 Å². The fraction of sp³-hybridized carbons (Fsp3) is 0.400. The van der Waals surface area contributed by atoms with Gasteiger partial charge in [-0.3, -0.25) is 10.1 Å². The molecule has 1 aliphatic carbocycles. The summed E-state index contributed by atoms with van der Waals surface area (Å²) in [6, 6.07) is 4.68. The van der Waals surface area contributed by atoms with E-state index in [9.17, 15) is 10.1 Å². The maximum Gasteiger partial charge on any atom is 0.288 e. The van der Waals surface area contributed by atoms with E-state index in [1.807, 2.05) is 0 Å². The Morgan fingerprint density at radius 1 is 1.53 bits per heavy atom. The van der Waals surface area contributed by atoms with Gasteiger partial charge in [0.1, 0.15) is 5.02 Å². The molecule has 0 unspecified atom stereocenters. The van der Waals surface area contributed by atoms with Crippen LogP contribution in [-0.4, -0.2) is 4.92 Å². The smallest absolute Gasteiger partial charge is 0.288 e. The van der Waals surface area contributed by atoms with Crippen LogP contribution < -0.4 is 5.73 Å². The van der Waals surface area contributed by atoms with Crippen LogP contribution in [0.5, 0.6) is 0 Å². The number of benzene rings is 1. The number of nitro benzene ring substituents is 1. The lowest BCUT2D eigenvalue weighted by atomic mass is 10.0. The Hall–Kier alpha value is -1.13.